The van der Waals surface area contributed by atoms with E-state index < -0.39 is 15.4 Å². The largest absolute Gasteiger partial charge is 0.465 e. The summed E-state index contributed by atoms with van der Waals surface area (Å²) in [5.41, 5.74) is 1.51. The Morgan fingerprint density at radius 1 is 1.12 bits per heavy atom. The fourth-order valence-electron chi connectivity index (χ4n) is 3.58. The van der Waals surface area contributed by atoms with Crippen LogP contribution in [0.3, 0.4) is 0 Å². The van der Waals surface area contributed by atoms with Crippen molar-refractivity contribution in [2.45, 2.75) is 19.8 Å². The van der Waals surface area contributed by atoms with Crippen LogP contribution in [-0.2, 0) is 32.4 Å². The first-order valence-electron chi connectivity index (χ1n) is 8.62. The number of fused-ring (bicyclic) bond motifs is 1. The van der Waals surface area contributed by atoms with E-state index in [1.54, 1.807) is 13.0 Å². The molecule has 0 saturated carbocycles. The van der Waals surface area contributed by atoms with Crippen LogP contribution >= 0.6 is 0 Å². The average molecular weight is 373 g/mol. The van der Waals surface area contributed by atoms with E-state index in [-0.39, 0.29) is 19.1 Å². The van der Waals surface area contributed by atoms with Gasteiger partial charge in [0, 0.05) is 0 Å². The molecule has 26 heavy (non-hydrogen) atoms. The van der Waals surface area contributed by atoms with Crippen molar-refractivity contribution in [1.82, 2.24) is 0 Å². The summed E-state index contributed by atoms with van der Waals surface area (Å²) in [6, 6.07) is 17.0. The zero-order valence-electron chi connectivity index (χ0n) is 15.0. The van der Waals surface area contributed by atoms with Crippen molar-refractivity contribution in [2.75, 3.05) is 23.7 Å². The summed E-state index contributed by atoms with van der Waals surface area (Å²) in [5, 5.41) is 0. The molecule has 0 N–H and O–H groups in total. The number of hydrogen-bond donors (Lipinski definition) is 0. The Bertz CT molecular complexity index is 895. The second kappa shape index (κ2) is 7.11. The Morgan fingerprint density at radius 2 is 1.77 bits per heavy atom. The lowest BCUT2D eigenvalue weighted by Crippen LogP contribution is -2.52. The summed E-state index contributed by atoms with van der Waals surface area (Å²) in [5.74, 6) is -0.355. The summed E-state index contributed by atoms with van der Waals surface area (Å²) in [6.07, 6.45) is 2.05. The van der Waals surface area contributed by atoms with Crippen LogP contribution in [0.15, 0.2) is 54.6 Å². The highest BCUT2D eigenvalue weighted by atomic mass is 32.2. The van der Waals surface area contributed by atoms with Crippen molar-refractivity contribution >= 4 is 21.7 Å². The third kappa shape index (κ3) is 3.60. The van der Waals surface area contributed by atoms with Crippen LogP contribution in [0.5, 0.6) is 0 Å². The molecule has 0 radical (unpaired) electrons. The van der Waals surface area contributed by atoms with E-state index in [2.05, 4.69) is 0 Å². The van der Waals surface area contributed by atoms with Gasteiger partial charge in [0.05, 0.1) is 30.5 Å². The van der Waals surface area contributed by atoms with Gasteiger partial charge in [-0.1, -0.05) is 48.5 Å². The molecule has 3 rings (SSSR count). The standard InChI is InChI=1S/C20H23NO4S/c1-3-25-19(22)20(13-16-9-5-4-6-10-16)14-17-11-7-8-12-18(17)21(15-20)26(2,23)24/h4-12H,3,13-15H2,1-2H3/t20-/m1/s1. The number of esters is 1. The molecule has 1 heterocycles. The van der Waals surface area contributed by atoms with E-state index in [9.17, 15) is 13.2 Å². The highest BCUT2D eigenvalue weighted by Gasteiger charge is 2.47. The van der Waals surface area contributed by atoms with E-state index in [1.165, 1.54) is 10.6 Å². The second-order valence-electron chi connectivity index (χ2n) is 6.74. The lowest BCUT2D eigenvalue weighted by atomic mass is 9.74. The molecule has 1 aliphatic heterocycles. The van der Waals surface area contributed by atoms with Gasteiger partial charge < -0.3 is 4.74 Å². The van der Waals surface area contributed by atoms with Gasteiger partial charge >= 0.3 is 5.97 Å². The molecule has 0 aliphatic carbocycles. The van der Waals surface area contributed by atoms with Crippen molar-refractivity contribution in [3.05, 3.63) is 65.7 Å². The van der Waals surface area contributed by atoms with Gasteiger partial charge in [0.15, 0.2) is 0 Å². The van der Waals surface area contributed by atoms with Crippen molar-refractivity contribution < 1.29 is 17.9 Å². The maximum atomic E-state index is 13.0. The Balaban J connectivity index is 2.11. The quantitative estimate of drug-likeness (QED) is 0.756. The number of benzene rings is 2. The van der Waals surface area contributed by atoms with Crippen LogP contribution in [0.2, 0.25) is 0 Å². The molecule has 0 saturated heterocycles. The fraction of sp³-hybridized carbons (Fsp3) is 0.350. The molecule has 0 fully saturated rings. The van der Waals surface area contributed by atoms with Crippen LogP contribution in [0.25, 0.3) is 0 Å². The SMILES string of the molecule is CCOC(=O)[C@]1(Cc2ccccc2)Cc2ccccc2N(S(C)(=O)=O)C1. The van der Waals surface area contributed by atoms with Gasteiger partial charge in [-0.3, -0.25) is 9.10 Å². The first kappa shape index (κ1) is 18.5. The predicted molar refractivity (Wildman–Crippen MR) is 102 cm³/mol. The number of anilines is 1. The van der Waals surface area contributed by atoms with Crippen molar-refractivity contribution in [1.29, 1.82) is 0 Å². The molecule has 5 nitrogen and oxygen atoms in total. The molecule has 138 valence electrons. The second-order valence-corrected chi connectivity index (χ2v) is 8.65. The summed E-state index contributed by atoms with van der Waals surface area (Å²) in [6.45, 7) is 2.10. The molecule has 0 unspecified atom stereocenters. The normalized spacial score (nSPS) is 19.7. The van der Waals surface area contributed by atoms with Gasteiger partial charge in [-0.05, 0) is 37.0 Å². The number of rotatable bonds is 5. The molecule has 6 heteroatoms. The maximum Gasteiger partial charge on any atom is 0.314 e. The molecule has 0 spiro atoms. The fourth-order valence-corrected chi connectivity index (χ4v) is 4.60. The number of ether oxygens (including phenoxy) is 1. The van der Waals surface area contributed by atoms with Crippen LogP contribution in [0.4, 0.5) is 5.69 Å². The van der Waals surface area contributed by atoms with Crippen molar-refractivity contribution in [3.63, 3.8) is 0 Å². The minimum absolute atomic E-state index is 0.0799. The van der Waals surface area contributed by atoms with Crippen LogP contribution in [0, 0.1) is 5.41 Å². The van der Waals surface area contributed by atoms with Gasteiger partial charge in [0.2, 0.25) is 10.0 Å². The minimum Gasteiger partial charge on any atom is -0.465 e. The maximum absolute atomic E-state index is 13.0. The number of hydrogen-bond acceptors (Lipinski definition) is 4. The monoisotopic (exact) mass is 373 g/mol. The zero-order valence-corrected chi connectivity index (χ0v) is 15.8. The minimum atomic E-state index is -3.53. The molecule has 2 aromatic rings. The first-order valence-corrected chi connectivity index (χ1v) is 10.5. The highest BCUT2D eigenvalue weighted by molar-refractivity contribution is 7.92. The molecular weight excluding hydrogens is 350 g/mol. The zero-order chi connectivity index (χ0) is 18.8. The van der Waals surface area contributed by atoms with E-state index in [1.807, 2.05) is 48.5 Å². The third-order valence-corrected chi connectivity index (χ3v) is 5.86. The van der Waals surface area contributed by atoms with E-state index in [0.717, 1.165) is 11.1 Å². The van der Waals surface area contributed by atoms with Gasteiger partial charge in [0.1, 0.15) is 0 Å². The van der Waals surface area contributed by atoms with Crippen LogP contribution < -0.4 is 4.31 Å². The predicted octanol–water partition coefficient (Wildman–Crippen LogP) is 2.80. The van der Waals surface area contributed by atoms with Gasteiger partial charge in [-0.2, -0.15) is 0 Å². The Morgan fingerprint density at radius 3 is 2.42 bits per heavy atom. The Kier molecular flexibility index (Phi) is 5.05. The number of sulfonamides is 1. The lowest BCUT2D eigenvalue weighted by molar-refractivity contribution is -0.155. The third-order valence-electron chi connectivity index (χ3n) is 4.73. The molecule has 1 aliphatic rings. The lowest BCUT2D eigenvalue weighted by Gasteiger charge is -2.41. The number of carbonyl (C=O) groups is 1. The molecule has 1 atom stereocenters. The summed E-state index contributed by atoms with van der Waals surface area (Å²) in [7, 11) is -3.53. The van der Waals surface area contributed by atoms with E-state index >= 15 is 0 Å². The van der Waals surface area contributed by atoms with Crippen molar-refractivity contribution in [3.8, 4) is 0 Å². The van der Waals surface area contributed by atoms with Crippen LogP contribution in [-0.4, -0.2) is 33.8 Å². The Hall–Kier alpha value is -2.34. The van der Waals surface area contributed by atoms with E-state index in [0.29, 0.717) is 18.5 Å². The summed E-state index contributed by atoms with van der Waals surface area (Å²) in [4.78, 5) is 13.0. The smallest absolute Gasteiger partial charge is 0.314 e. The van der Waals surface area contributed by atoms with Gasteiger partial charge in [0.25, 0.3) is 0 Å². The first-order chi connectivity index (χ1) is 12.4. The van der Waals surface area contributed by atoms with Crippen LogP contribution in [0.1, 0.15) is 18.1 Å². The molecule has 0 amide bonds. The van der Waals surface area contributed by atoms with Crippen molar-refractivity contribution in [2.24, 2.45) is 5.41 Å². The van der Waals surface area contributed by atoms with Gasteiger partial charge in [-0.25, -0.2) is 8.42 Å². The summed E-state index contributed by atoms with van der Waals surface area (Å²) < 4.78 is 31.6. The summed E-state index contributed by atoms with van der Waals surface area (Å²) >= 11 is 0. The number of nitrogens with zero attached hydrogens (tertiary/aromatic N) is 1. The number of carbonyl (C=O) groups excluding carboxylic acids is 1. The van der Waals surface area contributed by atoms with Gasteiger partial charge in [-0.15, -0.1) is 0 Å². The molecule has 2 aromatic carbocycles. The average Bonchev–Trinajstić information content (AvgIpc) is 2.61. The topological polar surface area (TPSA) is 63.7 Å². The Labute approximate surface area is 154 Å². The number of para-hydroxylation sites is 1. The molecule has 0 bridgehead atoms. The molecular formula is C20H23NO4S. The molecule has 0 aromatic heterocycles. The van der Waals surface area contributed by atoms with E-state index in [4.69, 9.17) is 4.74 Å². The highest BCUT2D eigenvalue weighted by Crippen LogP contribution is 2.41.